The van der Waals surface area contributed by atoms with Crippen LogP contribution < -0.4 is 11.1 Å². The number of carboxylic acid groups (broad SMARTS) is 2. The first-order chi connectivity index (χ1) is 14.0. The Balaban J connectivity index is 1.76. The Bertz CT molecular complexity index is 938. The number of aromatic nitrogens is 1. The molecule has 1 unspecified atom stereocenters. The minimum Gasteiger partial charge on any atom is -0.479 e. The van der Waals surface area contributed by atoms with Crippen molar-refractivity contribution < 1.29 is 39.1 Å². The Hall–Kier alpha value is -3.26. The van der Waals surface area contributed by atoms with Crippen LogP contribution in [0.15, 0.2) is 10.5 Å². The smallest absolute Gasteiger partial charge is 0.350 e. The van der Waals surface area contributed by atoms with Gasteiger partial charge in [-0.05, 0) is 13.8 Å². The van der Waals surface area contributed by atoms with Gasteiger partial charge in [0.15, 0.2) is 17.5 Å². The van der Waals surface area contributed by atoms with Crippen LogP contribution >= 0.6 is 11.3 Å². The van der Waals surface area contributed by atoms with Gasteiger partial charge in [0.25, 0.3) is 11.8 Å². The van der Waals surface area contributed by atoms with Crippen LogP contribution in [0.2, 0.25) is 0 Å². The van der Waals surface area contributed by atoms with E-state index in [1.54, 1.807) is 13.8 Å². The molecule has 2 heterocycles. The van der Waals surface area contributed by atoms with Crippen molar-refractivity contribution in [1.82, 2.24) is 15.4 Å². The summed E-state index contributed by atoms with van der Waals surface area (Å²) in [4.78, 5) is 61.1. The summed E-state index contributed by atoms with van der Waals surface area (Å²) in [6, 6.07) is -1.05. The fraction of sp³-hybridized carbons (Fsp3) is 0.500. The van der Waals surface area contributed by atoms with Crippen LogP contribution in [-0.4, -0.2) is 73.5 Å². The lowest BCUT2D eigenvalue weighted by Gasteiger charge is -2.51. The molecule has 30 heavy (non-hydrogen) atoms. The monoisotopic (exact) mass is 441 g/mol. The Kier molecular flexibility index (Phi) is 5.38. The number of oxime groups is 1. The van der Waals surface area contributed by atoms with E-state index in [0.717, 1.165) is 16.4 Å². The summed E-state index contributed by atoms with van der Waals surface area (Å²) in [6.07, 6.45) is 0.480. The topological polar surface area (TPSA) is 194 Å². The summed E-state index contributed by atoms with van der Waals surface area (Å²) in [5.41, 5.74) is 2.78. The predicted octanol–water partition coefficient (Wildman–Crippen LogP) is -0.815. The Labute approximate surface area is 173 Å². The fourth-order valence-electron chi connectivity index (χ4n) is 2.73. The largest absolute Gasteiger partial charge is 0.479 e. The molecule has 14 heteroatoms. The van der Waals surface area contributed by atoms with Gasteiger partial charge in [0.05, 0.1) is 5.54 Å². The van der Waals surface area contributed by atoms with Crippen molar-refractivity contribution in [2.75, 3.05) is 12.3 Å². The van der Waals surface area contributed by atoms with Crippen LogP contribution in [0.3, 0.4) is 0 Å². The average Bonchev–Trinajstić information content (AvgIpc) is 3.34. The molecule has 2 aliphatic rings. The minimum atomic E-state index is -1.49. The molecule has 1 aliphatic carbocycles. The summed E-state index contributed by atoms with van der Waals surface area (Å²) in [5.74, 6) is -3.96. The lowest BCUT2D eigenvalue weighted by molar-refractivity contribution is -0.257. The van der Waals surface area contributed by atoms with E-state index in [9.17, 15) is 24.3 Å². The number of hydrogen-bond acceptors (Lipinski definition) is 10. The third-order valence-corrected chi connectivity index (χ3v) is 5.33. The normalized spacial score (nSPS) is 21.5. The summed E-state index contributed by atoms with van der Waals surface area (Å²) >= 11 is 1.04. The number of carbonyl (C=O) groups excluding carboxylic acids is 2. The van der Waals surface area contributed by atoms with E-state index in [2.05, 4.69) is 15.5 Å². The third-order valence-electron chi connectivity index (χ3n) is 4.65. The highest BCUT2D eigenvalue weighted by molar-refractivity contribution is 7.13. The van der Waals surface area contributed by atoms with Gasteiger partial charge < -0.3 is 26.1 Å². The van der Waals surface area contributed by atoms with Gasteiger partial charge in [-0.15, -0.1) is 11.3 Å². The zero-order valence-corrected chi connectivity index (χ0v) is 16.8. The minimum absolute atomic E-state index is 0.0553. The molecule has 1 atom stereocenters. The molecule has 1 aromatic heterocycles. The molecular formula is C16H19N5O8S. The third kappa shape index (κ3) is 3.91. The van der Waals surface area contributed by atoms with Crippen molar-refractivity contribution >= 4 is 45.9 Å². The number of anilines is 1. The first kappa shape index (κ1) is 21.4. The lowest BCUT2D eigenvalue weighted by Crippen LogP contribution is -2.76. The fourth-order valence-corrected chi connectivity index (χ4v) is 3.28. The van der Waals surface area contributed by atoms with Crippen LogP contribution in [0, 0.1) is 0 Å². The molecule has 0 aromatic carbocycles. The molecule has 1 saturated carbocycles. The van der Waals surface area contributed by atoms with E-state index in [0.29, 0.717) is 0 Å². The van der Waals surface area contributed by atoms with Crippen LogP contribution in [0.4, 0.5) is 5.13 Å². The summed E-state index contributed by atoms with van der Waals surface area (Å²) in [5, 5.41) is 26.5. The van der Waals surface area contributed by atoms with Gasteiger partial charge in [-0.25, -0.2) is 19.6 Å². The van der Waals surface area contributed by atoms with E-state index in [1.807, 2.05) is 0 Å². The second-order valence-corrected chi connectivity index (χ2v) is 8.15. The number of β-lactam (4-membered cyclic amide) rings is 1. The lowest BCUT2D eigenvalue weighted by atomic mass is 9.84. The highest BCUT2D eigenvalue weighted by Crippen LogP contribution is 2.40. The average molecular weight is 441 g/mol. The first-order valence-electron chi connectivity index (χ1n) is 8.68. The number of rotatable bonds is 9. The SMILES string of the molecule is CC1(C)C(NC(=O)C(=NOC2(C(=O)O)CC2)c2csc(N)n2)C(=O)N1OCC(=O)O. The van der Waals surface area contributed by atoms with Gasteiger partial charge in [0.2, 0.25) is 5.60 Å². The highest BCUT2D eigenvalue weighted by Gasteiger charge is 2.57. The standard InChI is InChI=1S/C16H19N5O8S/c1-15(2)10(12(25)21(15)28-5-8(22)23)19-11(24)9(7-6-30-14(17)18-7)20-29-16(3-4-16)13(26)27/h6,10H,3-5H2,1-2H3,(H2,17,18)(H,19,24)(H,22,23)(H,26,27). The zero-order chi connectivity index (χ0) is 22.3. The number of hydroxylamine groups is 2. The molecule has 1 saturated heterocycles. The second kappa shape index (κ2) is 7.53. The number of nitrogen functional groups attached to an aromatic ring is 1. The van der Waals surface area contributed by atoms with E-state index >= 15 is 0 Å². The molecule has 1 aromatic rings. The van der Waals surface area contributed by atoms with Crippen molar-refractivity contribution in [3.05, 3.63) is 11.1 Å². The van der Waals surface area contributed by atoms with Gasteiger partial charge in [0, 0.05) is 18.2 Å². The number of thiazole rings is 1. The van der Waals surface area contributed by atoms with Crippen molar-refractivity contribution in [3.63, 3.8) is 0 Å². The van der Waals surface area contributed by atoms with Crippen molar-refractivity contribution in [3.8, 4) is 0 Å². The number of carbonyl (C=O) groups is 4. The van der Waals surface area contributed by atoms with E-state index in [4.69, 9.17) is 20.5 Å². The van der Waals surface area contributed by atoms with Gasteiger partial charge in [0.1, 0.15) is 11.7 Å². The molecule has 5 N–H and O–H groups in total. The van der Waals surface area contributed by atoms with Crippen molar-refractivity contribution in [2.45, 2.75) is 43.9 Å². The number of hydrogen-bond donors (Lipinski definition) is 4. The molecule has 162 valence electrons. The maximum atomic E-state index is 12.8. The van der Waals surface area contributed by atoms with Crippen molar-refractivity contribution in [2.24, 2.45) is 5.16 Å². The molecular weight excluding hydrogens is 422 g/mol. The first-order valence-corrected chi connectivity index (χ1v) is 9.56. The molecule has 2 amide bonds. The number of amides is 2. The van der Waals surface area contributed by atoms with Crippen LogP contribution in [0.5, 0.6) is 0 Å². The summed E-state index contributed by atoms with van der Waals surface area (Å²) in [6.45, 7) is 2.42. The maximum Gasteiger partial charge on any atom is 0.350 e. The second-order valence-electron chi connectivity index (χ2n) is 7.26. The van der Waals surface area contributed by atoms with Crippen LogP contribution in [-0.2, 0) is 28.9 Å². The summed E-state index contributed by atoms with van der Waals surface area (Å²) < 4.78 is 0. The number of nitrogens with two attached hydrogens (primary N) is 1. The Morgan fingerprint density at radius 3 is 2.53 bits per heavy atom. The van der Waals surface area contributed by atoms with Gasteiger partial charge in [-0.1, -0.05) is 5.16 Å². The van der Waals surface area contributed by atoms with Gasteiger partial charge >= 0.3 is 11.9 Å². The van der Waals surface area contributed by atoms with E-state index < -0.39 is 47.5 Å². The van der Waals surface area contributed by atoms with Crippen molar-refractivity contribution in [1.29, 1.82) is 0 Å². The van der Waals surface area contributed by atoms with Crippen LogP contribution in [0.1, 0.15) is 32.4 Å². The van der Waals surface area contributed by atoms with E-state index in [1.165, 1.54) is 5.38 Å². The molecule has 2 fully saturated rings. The molecule has 13 nitrogen and oxygen atoms in total. The Morgan fingerprint density at radius 1 is 1.40 bits per heavy atom. The predicted molar refractivity (Wildman–Crippen MR) is 100 cm³/mol. The van der Waals surface area contributed by atoms with Crippen LogP contribution in [0.25, 0.3) is 0 Å². The summed E-state index contributed by atoms with van der Waals surface area (Å²) in [7, 11) is 0. The quantitative estimate of drug-likeness (QED) is 0.214. The molecule has 1 aliphatic heterocycles. The Morgan fingerprint density at radius 2 is 2.07 bits per heavy atom. The number of nitrogens with zero attached hydrogens (tertiary/aromatic N) is 3. The van der Waals surface area contributed by atoms with Gasteiger partial charge in [-0.2, -0.15) is 0 Å². The number of aliphatic carboxylic acids is 2. The molecule has 0 bridgehead atoms. The van der Waals surface area contributed by atoms with E-state index in [-0.39, 0.29) is 29.4 Å². The maximum absolute atomic E-state index is 12.8. The molecule has 3 rings (SSSR count). The zero-order valence-electron chi connectivity index (χ0n) is 15.9. The van der Waals surface area contributed by atoms with Gasteiger partial charge in [-0.3, -0.25) is 14.4 Å². The number of carboxylic acids is 2. The number of nitrogens with one attached hydrogen (secondary N) is 1. The molecule has 0 spiro atoms. The highest BCUT2D eigenvalue weighted by atomic mass is 32.1. The molecule has 0 radical (unpaired) electrons.